The second-order valence-corrected chi connectivity index (χ2v) is 4.76. The van der Waals surface area contributed by atoms with Gasteiger partial charge in [-0.2, -0.15) is 0 Å². The van der Waals surface area contributed by atoms with E-state index in [1.807, 2.05) is 0 Å². The predicted octanol–water partition coefficient (Wildman–Crippen LogP) is 2.52. The van der Waals surface area contributed by atoms with Crippen LogP contribution in [0.2, 0.25) is 0 Å². The Morgan fingerprint density at radius 3 is 2.75 bits per heavy atom. The number of fused-ring (bicyclic) bond motifs is 1. The second-order valence-electron chi connectivity index (χ2n) is 4.76. The Balaban J connectivity index is 2.02. The third-order valence-corrected chi connectivity index (χ3v) is 3.74. The molecule has 12 heavy (non-hydrogen) atoms. The molecule has 0 spiro atoms. The van der Waals surface area contributed by atoms with Gasteiger partial charge in [0.05, 0.1) is 0 Å². The molecule has 2 aliphatic rings. The minimum atomic E-state index is 0.761. The molecule has 0 bridgehead atoms. The van der Waals surface area contributed by atoms with Gasteiger partial charge in [0.25, 0.3) is 0 Å². The molecule has 1 nitrogen and oxygen atoms in total. The van der Waals surface area contributed by atoms with E-state index in [9.17, 15) is 0 Å². The molecule has 1 saturated carbocycles. The first-order chi connectivity index (χ1) is 5.74. The van der Waals surface area contributed by atoms with E-state index in [4.69, 9.17) is 0 Å². The highest BCUT2D eigenvalue weighted by atomic mass is 15.2. The smallest absolute Gasteiger partial charge is 0.0126 e. The van der Waals surface area contributed by atoms with Gasteiger partial charge in [0, 0.05) is 12.1 Å². The Labute approximate surface area is 76.1 Å². The molecule has 1 aliphatic carbocycles. The van der Waals surface area contributed by atoms with Crippen LogP contribution in [-0.4, -0.2) is 23.5 Å². The van der Waals surface area contributed by atoms with E-state index in [0.717, 1.165) is 23.9 Å². The highest BCUT2D eigenvalue weighted by molar-refractivity contribution is 5.00. The Kier molecular flexibility index (Phi) is 2.16. The van der Waals surface area contributed by atoms with Crippen molar-refractivity contribution in [1.82, 2.24) is 4.90 Å². The number of likely N-dealkylation sites (tertiary alicyclic amines) is 1. The van der Waals surface area contributed by atoms with Crippen LogP contribution in [0.4, 0.5) is 0 Å². The van der Waals surface area contributed by atoms with Crippen molar-refractivity contribution in [2.75, 3.05) is 6.54 Å². The molecule has 1 aliphatic heterocycles. The molecular weight excluding hydrogens is 146 g/mol. The molecule has 1 saturated heterocycles. The van der Waals surface area contributed by atoms with E-state index in [0.29, 0.717) is 0 Å². The van der Waals surface area contributed by atoms with Gasteiger partial charge in [-0.25, -0.2) is 0 Å². The highest BCUT2D eigenvalue weighted by Gasteiger charge is 2.47. The molecule has 0 amide bonds. The Morgan fingerprint density at radius 1 is 1.42 bits per heavy atom. The number of hydrogen-bond acceptors (Lipinski definition) is 1. The van der Waals surface area contributed by atoms with Crippen molar-refractivity contribution in [1.29, 1.82) is 0 Å². The number of piperidine rings is 1. The van der Waals surface area contributed by atoms with Crippen LogP contribution in [0.3, 0.4) is 0 Å². The van der Waals surface area contributed by atoms with Gasteiger partial charge in [0.15, 0.2) is 0 Å². The van der Waals surface area contributed by atoms with Gasteiger partial charge in [0.1, 0.15) is 0 Å². The molecule has 0 radical (unpaired) electrons. The minimum Gasteiger partial charge on any atom is -0.298 e. The lowest BCUT2D eigenvalue weighted by atomic mass is 9.98. The van der Waals surface area contributed by atoms with Crippen LogP contribution in [0.5, 0.6) is 0 Å². The van der Waals surface area contributed by atoms with E-state index >= 15 is 0 Å². The summed E-state index contributed by atoms with van der Waals surface area (Å²) in [4.78, 5) is 2.72. The molecule has 0 aromatic heterocycles. The first kappa shape index (κ1) is 8.55. The average molecular weight is 167 g/mol. The summed E-state index contributed by atoms with van der Waals surface area (Å²) in [6.45, 7) is 8.38. The Hall–Kier alpha value is -0.0400. The maximum atomic E-state index is 2.72. The lowest BCUT2D eigenvalue weighted by Gasteiger charge is -2.38. The third kappa shape index (κ3) is 1.28. The van der Waals surface area contributed by atoms with Gasteiger partial charge >= 0.3 is 0 Å². The normalized spacial score (nSPS) is 41.5. The zero-order chi connectivity index (χ0) is 8.72. The summed E-state index contributed by atoms with van der Waals surface area (Å²) in [5.74, 6) is 2.19. The lowest BCUT2D eigenvalue weighted by Crippen LogP contribution is -2.45. The predicted molar refractivity (Wildman–Crippen MR) is 52.1 cm³/mol. The van der Waals surface area contributed by atoms with Crippen molar-refractivity contribution in [3.05, 3.63) is 0 Å². The molecule has 1 heterocycles. The second kappa shape index (κ2) is 3.02. The van der Waals surface area contributed by atoms with Crippen molar-refractivity contribution in [3.8, 4) is 0 Å². The van der Waals surface area contributed by atoms with Gasteiger partial charge in [0.2, 0.25) is 0 Å². The molecule has 3 unspecified atom stereocenters. The molecule has 0 aromatic carbocycles. The number of rotatable bonds is 2. The topological polar surface area (TPSA) is 3.24 Å². The maximum absolute atomic E-state index is 2.72. The standard InChI is InChI=1S/C11H21N/c1-4-11-10-7-9(10)5-6-12(11)8(2)3/h8-11H,4-7H2,1-3H3. The molecule has 1 heteroatoms. The summed E-state index contributed by atoms with van der Waals surface area (Å²) in [6, 6.07) is 1.68. The van der Waals surface area contributed by atoms with E-state index in [-0.39, 0.29) is 0 Å². The van der Waals surface area contributed by atoms with Gasteiger partial charge < -0.3 is 0 Å². The molecule has 2 fully saturated rings. The Bertz CT molecular complexity index is 164. The van der Waals surface area contributed by atoms with Crippen molar-refractivity contribution in [2.24, 2.45) is 11.8 Å². The van der Waals surface area contributed by atoms with Crippen LogP contribution in [0.15, 0.2) is 0 Å². The average Bonchev–Trinajstić information content (AvgIpc) is 2.79. The van der Waals surface area contributed by atoms with Crippen LogP contribution in [0, 0.1) is 11.8 Å². The molecule has 70 valence electrons. The number of nitrogens with zero attached hydrogens (tertiary/aromatic N) is 1. The molecule has 0 N–H and O–H groups in total. The fraction of sp³-hybridized carbons (Fsp3) is 1.00. The van der Waals surface area contributed by atoms with E-state index < -0.39 is 0 Å². The van der Waals surface area contributed by atoms with Gasteiger partial charge in [-0.1, -0.05) is 6.92 Å². The van der Waals surface area contributed by atoms with Crippen LogP contribution in [0.1, 0.15) is 40.0 Å². The quantitative estimate of drug-likeness (QED) is 0.611. The summed E-state index contributed by atoms with van der Waals surface area (Å²) >= 11 is 0. The molecule has 2 rings (SSSR count). The van der Waals surface area contributed by atoms with Gasteiger partial charge in [-0.05, 0) is 51.5 Å². The first-order valence-corrected chi connectivity index (χ1v) is 5.49. The van der Waals surface area contributed by atoms with E-state index in [1.54, 1.807) is 0 Å². The SMILES string of the molecule is CCC1C2CC2CCN1C(C)C. The van der Waals surface area contributed by atoms with Gasteiger partial charge in [-0.3, -0.25) is 4.90 Å². The Morgan fingerprint density at radius 2 is 2.17 bits per heavy atom. The van der Waals surface area contributed by atoms with E-state index in [2.05, 4.69) is 25.7 Å². The zero-order valence-corrected chi connectivity index (χ0v) is 8.59. The van der Waals surface area contributed by atoms with Crippen LogP contribution in [0.25, 0.3) is 0 Å². The summed E-state index contributed by atoms with van der Waals surface area (Å²) in [5, 5.41) is 0. The molecular formula is C11H21N. The summed E-state index contributed by atoms with van der Waals surface area (Å²) < 4.78 is 0. The minimum absolute atomic E-state index is 0.761. The van der Waals surface area contributed by atoms with Crippen molar-refractivity contribution < 1.29 is 0 Å². The summed E-state index contributed by atoms with van der Waals surface area (Å²) in [5.41, 5.74) is 0. The zero-order valence-electron chi connectivity index (χ0n) is 8.59. The first-order valence-electron chi connectivity index (χ1n) is 5.49. The fourth-order valence-corrected chi connectivity index (χ4v) is 2.98. The summed E-state index contributed by atoms with van der Waals surface area (Å²) in [7, 11) is 0. The van der Waals surface area contributed by atoms with Crippen LogP contribution in [-0.2, 0) is 0 Å². The fourth-order valence-electron chi connectivity index (χ4n) is 2.98. The van der Waals surface area contributed by atoms with Crippen molar-refractivity contribution in [2.45, 2.75) is 52.1 Å². The van der Waals surface area contributed by atoms with Gasteiger partial charge in [-0.15, -0.1) is 0 Å². The molecule has 3 atom stereocenters. The maximum Gasteiger partial charge on any atom is 0.0126 e. The van der Waals surface area contributed by atoms with Crippen LogP contribution >= 0.6 is 0 Å². The van der Waals surface area contributed by atoms with Crippen molar-refractivity contribution in [3.63, 3.8) is 0 Å². The highest BCUT2D eigenvalue weighted by Crippen LogP contribution is 2.50. The largest absolute Gasteiger partial charge is 0.298 e. The van der Waals surface area contributed by atoms with Crippen molar-refractivity contribution >= 4 is 0 Å². The van der Waals surface area contributed by atoms with E-state index in [1.165, 1.54) is 25.8 Å². The number of hydrogen-bond donors (Lipinski definition) is 0. The monoisotopic (exact) mass is 167 g/mol. The van der Waals surface area contributed by atoms with Crippen LogP contribution < -0.4 is 0 Å². The lowest BCUT2D eigenvalue weighted by molar-refractivity contribution is 0.0992. The third-order valence-electron chi connectivity index (χ3n) is 3.74. The summed E-state index contributed by atoms with van der Waals surface area (Å²) in [6.07, 6.45) is 4.36. The molecule has 0 aromatic rings.